The fraction of sp³-hybridized carbons (Fsp3) is 0.176. The van der Waals surface area contributed by atoms with Crippen molar-refractivity contribution in [2.45, 2.75) is 58.4 Å². The molecule has 3 heterocycles. The van der Waals surface area contributed by atoms with Gasteiger partial charge in [-0.05, 0) is 17.0 Å². The van der Waals surface area contributed by atoms with Crippen LogP contribution in [0, 0.1) is 3.80 Å². The molecule has 0 unspecified atom stereocenters. The topological polar surface area (TPSA) is 35.2 Å². The zero-order valence-corrected chi connectivity index (χ0v) is 35.3. The third-order valence-electron chi connectivity index (χ3n) is 11.2. The zero-order valence-electron chi connectivity index (χ0n) is 33.0. The Kier molecular flexibility index (Phi) is 9.45. The van der Waals surface area contributed by atoms with Crippen LogP contribution in [0.4, 0.5) is 11.5 Å². The van der Waals surface area contributed by atoms with Crippen LogP contribution in [0.5, 0.6) is 11.5 Å². The number of imidazole rings is 1. The quantitative estimate of drug-likeness (QED) is 0.160. The summed E-state index contributed by atoms with van der Waals surface area (Å²) in [6.45, 7) is 11.4. The number of hydrogen-bond donors (Lipinski definition) is 0. The van der Waals surface area contributed by atoms with Gasteiger partial charge in [0.05, 0.1) is 0 Å². The molecule has 1 aliphatic heterocycles. The Hall–Kier alpha value is -5.77. The van der Waals surface area contributed by atoms with Crippen LogP contribution in [-0.2, 0) is 31.2 Å². The van der Waals surface area contributed by atoms with Crippen molar-refractivity contribution in [2.24, 2.45) is 0 Å². The van der Waals surface area contributed by atoms with Gasteiger partial charge in [0.15, 0.2) is 0 Å². The Bertz CT molecular complexity index is 2750. The van der Waals surface area contributed by atoms with Crippen LogP contribution in [0.3, 0.4) is 0 Å². The molecule has 0 saturated heterocycles. The van der Waals surface area contributed by atoms with Crippen LogP contribution >= 0.6 is 0 Å². The molecule has 6 aromatic carbocycles. The molecule has 5 nitrogen and oxygen atoms in total. The Labute approximate surface area is 346 Å². The molecule has 0 spiro atoms. The summed E-state index contributed by atoms with van der Waals surface area (Å²) in [4.78, 5) is 7.32. The number of para-hydroxylation sites is 3. The average Bonchev–Trinajstić information content (AvgIpc) is 3.51. The summed E-state index contributed by atoms with van der Waals surface area (Å²) in [6.07, 6.45) is 3.99. The molecule has 0 atom stereocenters. The number of nitrogens with zero attached hydrogens (tertiary/aromatic N) is 4. The summed E-state index contributed by atoms with van der Waals surface area (Å²) in [6, 6.07) is 56.1. The van der Waals surface area contributed by atoms with Crippen molar-refractivity contribution < 1.29 is 24.1 Å². The van der Waals surface area contributed by atoms with Crippen molar-refractivity contribution >= 4 is 22.5 Å². The summed E-state index contributed by atoms with van der Waals surface area (Å²) in [5.41, 5.74) is 12.7. The maximum absolute atomic E-state index is 6.76. The minimum absolute atomic E-state index is 0.0219. The molecular formula is C51H46N4OPt. The monoisotopic (exact) mass is 925 g/mol. The number of aryl methyl sites for hydroxylation is 1. The van der Waals surface area contributed by atoms with E-state index in [1.165, 1.54) is 33.4 Å². The van der Waals surface area contributed by atoms with Gasteiger partial charge < -0.3 is 0 Å². The number of benzene rings is 6. The van der Waals surface area contributed by atoms with E-state index in [9.17, 15) is 0 Å². The number of fused-ring (bicyclic) bond motifs is 2. The fourth-order valence-electron chi connectivity index (χ4n) is 8.22. The normalized spacial score (nSPS) is 13.8. The van der Waals surface area contributed by atoms with Crippen LogP contribution in [0.2, 0.25) is 0 Å². The van der Waals surface area contributed by atoms with Gasteiger partial charge in [-0.25, -0.2) is 0 Å². The van der Waals surface area contributed by atoms with Crippen molar-refractivity contribution in [1.29, 1.82) is 0 Å². The van der Waals surface area contributed by atoms with E-state index < -0.39 is 0 Å². The first kappa shape index (κ1) is 36.8. The van der Waals surface area contributed by atoms with E-state index in [1.54, 1.807) is 0 Å². The summed E-state index contributed by atoms with van der Waals surface area (Å²) in [5, 5.41) is 0. The molecular weight excluding hydrogens is 880 g/mol. The van der Waals surface area contributed by atoms with E-state index in [2.05, 4.69) is 220 Å². The predicted molar refractivity (Wildman–Crippen MR) is 231 cm³/mol. The van der Waals surface area contributed by atoms with E-state index in [-0.39, 0.29) is 11.0 Å². The van der Waals surface area contributed by atoms with Crippen molar-refractivity contribution in [3.63, 3.8) is 0 Å². The number of pyridine rings is 1. The second kappa shape index (κ2) is 14.6. The van der Waals surface area contributed by atoms with E-state index in [0.717, 1.165) is 62.1 Å². The Morgan fingerprint density at radius 1 is 0.632 bits per heavy atom. The molecule has 2 aromatic heterocycles. The average molecular weight is 926 g/mol. The standard InChI is InChI=1S/C51H46N4O.Pt/c1-50(2,3)39-29-31-52-48(32-39)55-47-34-42(27-26-38(47)28-30-51(55,4)5)56-41-21-14-20-40(33-41)53-35-54(46-25-13-12-24-45(46)53)49-43(36-16-8-6-9-17-36)22-15-23-44(49)37-18-10-7-11-19-37;/h6-27,29,31-34H,28,30H2,1-5H3;. The molecule has 9 rings (SSSR count). The van der Waals surface area contributed by atoms with Crippen LogP contribution in [0.1, 0.15) is 52.2 Å². The molecule has 0 aliphatic carbocycles. The SMILES string of the molecule is CC(C)(C)c1ccnc(N2c3cc(Oc4cccc(-n5[c](=[Pt])n(-c6c(-c7ccccc7)cccc6-c6ccccc6)c6ccccc65)c4)ccc3CCC2(C)C)c1. The van der Waals surface area contributed by atoms with Gasteiger partial charge in [0.2, 0.25) is 0 Å². The number of ether oxygens (including phenoxy) is 1. The summed E-state index contributed by atoms with van der Waals surface area (Å²) >= 11 is 2.50. The zero-order chi connectivity index (χ0) is 39.3. The molecule has 57 heavy (non-hydrogen) atoms. The Morgan fingerprint density at radius 3 is 1.91 bits per heavy atom. The first-order valence-electron chi connectivity index (χ1n) is 19.7. The third kappa shape index (κ3) is 6.89. The molecule has 6 heteroatoms. The number of aromatic nitrogens is 3. The molecule has 286 valence electrons. The van der Waals surface area contributed by atoms with Crippen molar-refractivity contribution in [2.75, 3.05) is 4.90 Å². The second-order valence-corrected chi connectivity index (χ2v) is 17.5. The van der Waals surface area contributed by atoms with E-state index in [4.69, 9.17) is 9.72 Å². The predicted octanol–water partition coefficient (Wildman–Crippen LogP) is 13.2. The number of anilines is 2. The fourth-order valence-corrected chi connectivity index (χ4v) is 9.32. The summed E-state index contributed by atoms with van der Waals surface area (Å²) < 4.78 is 12.6. The first-order valence-corrected chi connectivity index (χ1v) is 20.8. The van der Waals surface area contributed by atoms with Gasteiger partial charge >= 0.3 is 304 Å². The Morgan fingerprint density at radius 2 is 1.25 bits per heavy atom. The van der Waals surface area contributed by atoms with Gasteiger partial charge in [-0.3, -0.25) is 0 Å². The number of hydrogen-bond acceptors (Lipinski definition) is 3. The van der Waals surface area contributed by atoms with Crippen molar-refractivity contribution in [3.8, 4) is 45.1 Å². The molecule has 0 amide bonds. The van der Waals surface area contributed by atoms with E-state index >= 15 is 0 Å². The van der Waals surface area contributed by atoms with Crippen LogP contribution in [0.15, 0.2) is 164 Å². The van der Waals surface area contributed by atoms with Gasteiger partial charge in [0, 0.05) is 6.20 Å². The van der Waals surface area contributed by atoms with Crippen LogP contribution in [-0.4, -0.2) is 19.7 Å². The second-order valence-electron chi connectivity index (χ2n) is 16.5. The molecule has 8 aromatic rings. The first-order chi connectivity index (χ1) is 27.6. The summed E-state index contributed by atoms with van der Waals surface area (Å²) in [5.74, 6) is 2.54. The van der Waals surface area contributed by atoms with Crippen LogP contribution in [0.25, 0.3) is 44.7 Å². The van der Waals surface area contributed by atoms with Crippen molar-refractivity contribution in [3.05, 3.63) is 179 Å². The van der Waals surface area contributed by atoms with E-state index in [1.807, 2.05) is 12.3 Å². The molecule has 0 radical (unpaired) electrons. The van der Waals surface area contributed by atoms with Crippen molar-refractivity contribution in [1.82, 2.24) is 14.1 Å². The van der Waals surface area contributed by atoms with Gasteiger partial charge in [0.25, 0.3) is 0 Å². The molecule has 0 bridgehead atoms. The van der Waals surface area contributed by atoms with Gasteiger partial charge in [-0.2, -0.15) is 0 Å². The van der Waals surface area contributed by atoms with Crippen LogP contribution < -0.4 is 9.64 Å². The summed E-state index contributed by atoms with van der Waals surface area (Å²) in [7, 11) is 0. The minimum atomic E-state index is -0.115. The third-order valence-corrected chi connectivity index (χ3v) is 12.2. The Balaban J connectivity index is 1.15. The molecule has 1 aliphatic rings. The molecule has 0 saturated carbocycles. The van der Waals surface area contributed by atoms with Gasteiger partial charge in [-0.15, -0.1) is 0 Å². The number of rotatable bonds is 7. The van der Waals surface area contributed by atoms with Gasteiger partial charge in [0.1, 0.15) is 0 Å². The van der Waals surface area contributed by atoms with Gasteiger partial charge in [-0.1, -0.05) is 20.8 Å². The maximum atomic E-state index is 6.76. The molecule has 0 N–H and O–H groups in total. The van der Waals surface area contributed by atoms with E-state index in [0.29, 0.717) is 0 Å². The molecule has 0 fully saturated rings.